The summed E-state index contributed by atoms with van der Waals surface area (Å²) in [4.78, 5) is 12.4. The average molecular weight is 338 g/mol. The zero-order chi connectivity index (χ0) is 17.6. The van der Waals surface area contributed by atoms with Crippen molar-refractivity contribution in [1.29, 1.82) is 0 Å². The topological polar surface area (TPSA) is 98.6 Å². The Morgan fingerprint density at radius 2 is 2.16 bits per heavy atom. The van der Waals surface area contributed by atoms with Gasteiger partial charge in [-0.3, -0.25) is 4.79 Å². The maximum absolute atomic E-state index is 12.4. The molecule has 1 heterocycles. The SMILES string of the molecule is C[C@@]12CC=CC(=O)C1=C(O)c1c(OCc3ccccc3)noc1[C@@H]2N. The van der Waals surface area contributed by atoms with Gasteiger partial charge in [-0.25, -0.2) is 0 Å². The number of carbonyl (C=O) groups excluding carboxylic acids is 1. The lowest BCUT2D eigenvalue weighted by atomic mass is 9.64. The first kappa shape index (κ1) is 15.7. The van der Waals surface area contributed by atoms with Crippen molar-refractivity contribution in [3.8, 4) is 5.88 Å². The van der Waals surface area contributed by atoms with Crippen LogP contribution in [0, 0.1) is 5.41 Å². The van der Waals surface area contributed by atoms with Crippen molar-refractivity contribution in [1.82, 2.24) is 5.16 Å². The molecule has 0 aliphatic heterocycles. The number of fused-ring (bicyclic) bond motifs is 2. The highest BCUT2D eigenvalue weighted by atomic mass is 16.5. The summed E-state index contributed by atoms with van der Waals surface area (Å²) in [6.07, 6.45) is 3.77. The van der Waals surface area contributed by atoms with Gasteiger partial charge >= 0.3 is 0 Å². The molecule has 2 aliphatic rings. The molecule has 0 amide bonds. The molecular weight excluding hydrogens is 320 g/mol. The Balaban J connectivity index is 1.75. The predicted molar refractivity (Wildman–Crippen MR) is 90.6 cm³/mol. The number of hydrogen-bond acceptors (Lipinski definition) is 6. The Bertz CT molecular complexity index is 897. The average Bonchev–Trinajstić information content (AvgIpc) is 3.03. The van der Waals surface area contributed by atoms with Crippen LogP contribution >= 0.6 is 0 Å². The lowest BCUT2D eigenvalue weighted by Crippen LogP contribution is -2.40. The standard InChI is InChI=1S/C19H18N2O4/c1-19-9-5-8-12(22)14(19)15(23)13-16(17(19)20)25-21-18(13)24-10-11-6-3-2-4-7-11/h2-8,17,23H,9-10,20H2,1H3/t17-,19+/m0/s1. The number of nitrogens with zero attached hydrogens (tertiary/aromatic N) is 1. The molecule has 0 saturated carbocycles. The number of aliphatic hydroxyl groups is 1. The lowest BCUT2D eigenvalue weighted by molar-refractivity contribution is -0.113. The van der Waals surface area contributed by atoms with Gasteiger partial charge in [-0.2, -0.15) is 0 Å². The van der Waals surface area contributed by atoms with Crippen molar-refractivity contribution < 1.29 is 19.2 Å². The Hall–Kier alpha value is -2.86. The molecule has 2 aromatic rings. The molecule has 25 heavy (non-hydrogen) atoms. The van der Waals surface area contributed by atoms with Crippen LogP contribution in [0.5, 0.6) is 5.88 Å². The summed E-state index contributed by atoms with van der Waals surface area (Å²) in [7, 11) is 0. The van der Waals surface area contributed by atoms with Crippen LogP contribution in [0.25, 0.3) is 5.76 Å². The number of ether oxygens (including phenoxy) is 1. The zero-order valence-electron chi connectivity index (χ0n) is 13.7. The van der Waals surface area contributed by atoms with Gasteiger partial charge in [0.15, 0.2) is 11.5 Å². The first-order chi connectivity index (χ1) is 12.0. The highest BCUT2D eigenvalue weighted by Gasteiger charge is 2.50. The summed E-state index contributed by atoms with van der Waals surface area (Å²) in [5, 5.41) is 14.7. The van der Waals surface area contributed by atoms with Gasteiger partial charge in [0.05, 0.1) is 11.6 Å². The molecule has 128 valence electrons. The van der Waals surface area contributed by atoms with Crippen molar-refractivity contribution in [2.45, 2.75) is 26.0 Å². The predicted octanol–water partition coefficient (Wildman–Crippen LogP) is 3.07. The van der Waals surface area contributed by atoms with Crippen LogP contribution in [0.4, 0.5) is 0 Å². The molecular formula is C19H18N2O4. The molecule has 2 atom stereocenters. The van der Waals surface area contributed by atoms with E-state index < -0.39 is 11.5 Å². The number of ketones is 1. The minimum atomic E-state index is -0.723. The summed E-state index contributed by atoms with van der Waals surface area (Å²) < 4.78 is 11.1. The fraction of sp³-hybridized carbons (Fsp3) is 0.263. The van der Waals surface area contributed by atoms with Crippen LogP contribution < -0.4 is 10.5 Å². The quantitative estimate of drug-likeness (QED) is 0.892. The summed E-state index contributed by atoms with van der Waals surface area (Å²) in [6, 6.07) is 8.98. The van der Waals surface area contributed by atoms with E-state index in [1.54, 1.807) is 6.08 Å². The van der Waals surface area contributed by atoms with Gasteiger partial charge in [-0.1, -0.05) is 43.3 Å². The third-order valence-electron chi connectivity index (χ3n) is 4.98. The van der Waals surface area contributed by atoms with Crippen LogP contribution in [-0.2, 0) is 11.4 Å². The first-order valence-corrected chi connectivity index (χ1v) is 8.09. The van der Waals surface area contributed by atoms with Crippen molar-refractivity contribution in [3.63, 3.8) is 0 Å². The fourth-order valence-electron chi connectivity index (χ4n) is 3.50. The van der Waals surface area contributed by atoms with Gasteiger partial charge in [0.25, 0.3) is 5.88 Å². The Kier molecular flexibility index (Phi) is 3.51. The van der Waals surface area contributed by atoms with Crippen LogP contribution in [0.3, 0.4) is 0 Å². The molecule has 0 saturated heterocycles. The third-order valence-corrected chi connectivity index (χ3v) is 4.98. The highest BCUT2D eigenvalue weighted by molar-refractivity contribution is 6.11. The van der Waals surface area contributed by atoms with Crippen molar-refractivity contribution in [2.75, 3.05) is 0 Å². The normalized spacial score (nSPS) is 24.9. The monoisotopic (exact) mass is 338 g/mol. The maximum atomic E-state index is 12.4. The molecule has 0 bridgehead atoms. The van der Waals surface area contributed by atoms with E-state index in [4.69, 9.17) is 15.0 Å². The number of benzene rings is 1. The Labute approximate surface area is 144 Å². The van der Waals surface area contributed by atoms with E-state index in [1.807, 2.05) is 37.3 Å². The number of rotatable bonds is 3. The van der Waals surface area contributed by atoms with Crippen molar-refractivity contribution >= 4 is 11.5 Å². The van der Waals surface area contributed by atoms with Gasteiger partial charge in [0, 0.05) is 5.41 Å². The zero-order valence-corrected chi connectivity index (χ0v) is 13.7. The number of aromatic nitrogens is 1. The molecule has 0 radical (unpaired) electrons. The number of aliphatic hydroxyl groups excluding tert-OH is 1. The molecule has 0 spiro atoms. The second-order valence-electron chi connectivity index (χ2n) is 6.59. The van der Waals surface area contributed by atoms with E-state index in [0.717, 1.165) is 5.56 Å². The lowest BCUT2D eigenvalue weighted by Gasteiger charge is -2.40. The second kappa shape index (κ2) is 5.60. The van der Waals surface area contributed by atoms with E-state index in [9.17, 15) is 9.90 Å². The second-order valence-corrected chi connectivity index (χ2v) is 6.59. The number of allylic oxidation sites excluding steroid dienone is 2. The van der Waals surface area contributed by atoms with E-state index in [2.05, 4.69) is 5.16 Å². The molecule has 0 unspecified atom stereocenters. The molecule has 2 aliphatic carbocycles. The van der Waals surface area contributed by atoms with Crippen molar-refractivity contribution in [3.05, 3.63) is 64.9 Å². The molecule has 4 rings (SSSR count). The van der Waals surface area contributed by atoms with Gasteiger partial charge in [0.2, 0.25) is 0 Å². The smallest absolute Gasteiger partial charge is 0.265 e. The number of carbonyl (C=O) groups is 1. The van der Waals surface area contributed by atoms with E-state index in [1.165, 1.54) is 6.08 Å². The number of nitrogens with two attached hydrogens (primary N) is 1. The number of hydrogen-bond donors (Lipinski definition) is 2. The van der Waals surface area contributed by atoms with Crippen LogP contribution in [-0.4, -0.2) is 16.0 Å². The molecule has 3 N–H and O–H groups in total. The van der Waals surface area contributed by atoms with Crippen LogP contribution in [0.15, 0.2) is 52.6 Å². The fourth-order valence-corrected chi connectivity index (χ4v) is 3.50. The summed E-state index contributed by atoms with van der Waals surface area (Å²) in [5.74, 6) is 0.0824. The van der Waals surface area contributed by atoms with Gasteiger partial charge in [-0.05, 0) is 23.2 Å². The van der Waals surface area contributed by atoms with Gasteiger partial charge in [-0.15, -0.1) is 0 Å². The Morgan fingerprint density at radius 1 is 1.40 bits per heavy atom. The van der Waals surface area contributed by atoms with Gasteiger partial charge < -0.3 is 20.1 Å². The summed E-state index contributed by atoms with van der Waals surface area (Å²) in [6.45, 7) is 2.11. The maximum Gasteiger partial charge on any atom is 0.265 e. The van der Waals surface area contributed by atoms with E-state index in [-0.39, 0.29) is 29.6 Å². The molecule has 1 aromatic heterocycles. The Morgan fingerprint density at radius 3 is 2.92 bits per heavy atom. The minimum Gasteiger partial charge on any atom is -0.507 e. The summed E-state index contributed by atoms with van der Waals surface area (Å²) in [5.41, 5.74) is 7.16. The summed E-state index contributed by atoms with van der Waals surface area (Å²) >= 11 is 0. The van der Waals surface area contributed by atoms with Crippen molar-refractivity contribution in [2.24, 2.45) is 11.1 Å². The molecule has 1 aromatic carbocycles. The van der Waals surface area contributed by atoms with Crippen LogP contribution in [0.1, 0.15) is 36.3 Å². The minimum absolute atomic E-state index is 0.142. The van der Waals surface area contributed by atoms with E-state index >= 15 is 0 Å². The highest BCUT2D eigenvalue weighted by Crippen LogP contribution is 2.53. The van der Waals surface area contributed by atoms with E-state index in [0.29, 0.717) is 17.8 Å². The molecule has 6 heteroatoms. The largest absolute Gasteiger partial charge is 0.507 e. The van der Waals surface area contributed by atoms with Crippen LogP contribution in [0.2, 0.25) is 0 Å². The molecule has 6 nitrogen and oxygen atoms in total. The van der Waals surface area contributed by atoms with Gasteiger partial charge in [0.1, 0.15) is 17.9 Å². The first-order valence-electron chi connectivity index (χ1n) is 8.09. The third kappa shape index (κ3) is 2.29. The molecule has 0 fully saturated rings.